The van der Waals surface area contributed by atoms with Crippen LogP contribution >= 0.6 is 22.9 Å². The van der Waals surface area contributed by atoms with Gasteiger partial charge in [-0.25, -0.2) is 9.99 Å². The standard InChI is InChI=1S/C25H25ClN4O2S/c26-19-6-7-22-21(16-19)27-25(33-22)18-10-13-29(14-11-18)23(31)8-9-24(32)30-15-12-20(28-30)17-4-2-1-3-5-17/h1-7,16,18H,8-15H2. The van der Waals surface area contributed by atoms with Gasteiger partial charge in [-0.3, -0.25) is 9.59 Å². The van der Waals surface area contributed by atoms with E-state index in [-0.39, 0.29) is 24.7 Å². The molecular formula is C25H25ClN4O2S. The molecule has 0 N–H and O–H groups in total. The van der Waals surface area contributed by atoms with Gasteiger partial charge in [-0.15, -0.1) is 11.3 Å². The van der Waals surface area contributed by atoms with Crippen molar-refractivity contribution in [3.63, 3.8) is 0 Å². The second kappa shape index (κ2) is 9.61. The summed E-state index contributed by atoms with van der Waals surface area (Å²) in [6, 6.07) is 15.7. The number of likely N-dealkylation sites (tertiary alicyclic amines) is 1. The topological polar surface area (TPSA) is 65.9 Å². The highest BCUT2D eigenvalue weighted by atomic mass is 35.5. The minimum atomic E-state index is -0.0858. The van der Waals surface area contributed by atoms with Crippen LogP contribution in [0.4, 0.5) is 0 Å². The average molecular weight is 481 g/mol. The minimum absolute atomic E-state index is 0.0457. The van der Waals surface area contributed by atoms with Crippen LogP contribution in [0, 0.1) is 0 Å². The molecule has 6 nitrogen and oxygen atoms in total. The van der Waals surface area contributed by atoms with Crippen molar-refractivity contribution >= 4 is 50.7 Å². The molecule has 3 heterocycles. The van der Waals surface area contributed by atoms with Gasteiger partial charge in [-0.05, 0) is 36.6 Å². The van der Waals surface area contributed by atoms with Gasteiger partial charge >= 0.3 is 0 Å². The Kier molecular flexibility index (Phi) is 6.42. The van der Waals surface area contributed by atoms with Gasteiger partial charge < -0.3 is 4.90 Å². The summed E-state index contributed by atoms with van der Waals surface area (Å²) in [4.78, 5) is 32.0. The lowest BCUT2D eigenvalue weighted by molar-refractivity contribution is -0.137. The Hall–Kier alpha value is -2.77. The Labute approximate surface area is 201 Å². The van der Waals surface area contributed by atoms with Crippen LogP contribution in [0.1, 0.15) is 48.6 Å². The third-order valence-electron chi connectivity index (χ3n) is 6.31. The number of carbonyl (C=O) groups is 2. The van der Waals surface area contributed by atoms with Crippen LogP contribution in [0.15, 0.2) is 53.6 Å². The summed E-state index contributed by atoms with van der Waals surface area (Å²) in [5.74, 6) is 0.323. The van der Waals surface area contributed by atoms with Crippen LogP contribution in [0.5, 0.6) is 0 Å². The number of halogens is 1. The summed E-state index contributed by atoms with van der Waals surface area (Å²) in [5.41, 5.74) is 2.91. The largest absolute Gasteiger partial charge is 0.343 e. The van der Waals surface area contributed by atoms with Gasteiger partial charge in [0.15, 0.2) is 0 Å². The number of hydrazone groups is 1. The molecule has 2 aromatic carbocycles. The van der Waals surface area contributed by atoms with Crippen molar-refractivity contribution in [2.24, 2.45) is 5.10 Å². The van der Waals surface area contributed by atoms with E-state index < -0.39 is 0 Å². The predicted octanol–water partition coefficient (Wildman–Crippen LogP) is 5.07. The Bertz CT molecular complexity index is 1200. The summed E-state index contributed by atoms with van der Waals surface area (Å²) in [5, 5.41) is 7.81. The second-order valence-electron chi connectivity index (χ2n) is 8.50. The Morgan fingerprint density at radius 2 is 1.76 bits per heavy atom. The van der Waals surface area contributed by atoms with E-state index in [0.717, 1.165) is 45.8 Å². The third-order valence-corrected chi connectivity index (χ3v) is 7.75. The van der Waals surface area contributed by atoms with Crippen LogP contribution in [0.3, 0.4) is 0 Å². The number of aromatic nitrogens is 1. The van der Waals surface area contributed by atoms with Crippen LogP contribution in [0.2, 0.25) is 5.02 Å². The zero-order chi connectivity index (χ0) is 22.8. The first-order chi connectivity index (χ1) is 16.1. The van der Waals surface area contributed by atoms with Gasteiger partial charge in [0.2, 0.25) is 11.8 Å². The van der Waals surface area contributed by atoms with Gasteiger partial charge in [-0.2, -0.15) is 5.10 Å². The van der Waals surface area contributed by atoms with E-state index in [0.29, 0.717) is 30.6 Å². The molecule has 1 aromatic heterocycles. The maximum absolute atomic E-state index is 12.7. The van der Waals surface area contributed by atoms with Crippen molar-refractivity contribution in [3.8, 4) is 0 Å². The molecule has 8 heteroatoms. The zero-order valence-corrected chi connectivity index (χ0v) is 19.8. The molecule has 2 aliphatic heterocycles. The summed E-state index contributed by atoms with van der Waals surface area (Å²) < 4.78 is 1.14. The lowest BCUT2D eigenvalue weighted by atomic mass is 9.97. The van der Waals surface area contributed by atoms with Crippen molar-refractivity contribution in [1.29, 1.82) is 0 Å². The molecule has 0 aliphatic carbocycles. The van der Waals surface area contributed by atoms with Crippen LogP contribution < -0.4 is 0 Å². The monoisotopic (exact) mass is 480 g/mol. The number of benzene rings is 2. The zero-order valence-electron chi connectivity index (χ0n) is 18.2. The average Bonchev–Trinajstić information content (AvgIpc) is 3.50. The van der Waals surface area contributed by atoms with Gasteiger partial charge in [0.1, 0.15) is 0 Å². The molecule has 0 atom stereocenters. The molecule has 0 saturated carbocycles. The van der Waals surface area contributed by atoms with E-state index in [1.165, 1.54) is 5.01 Å². The number of fused-ring (bicyclic) bond motifs is 1. The highest BCUT2D eigenvalue weighted by Crippen LogP contribution is 2.34. The molecule has 170 valence electrons. The molecule has 3 aromatic rings. The fraction of sp³-hybridized carbons (Fsp3) is 0.360. The highest BCUT2D eigenvalue weighted by molar-refractivity contribution is 7.18. The summed E-state index contributed by atoms with van der Waals surface area (Å²) in [7, 11) is 0. The quantitative estimate of drug-likeness (QED) is 0.512. The van der Waals surface area contributed by atoms with Crippen molar-refractivity contribution in [2.75, 3.05) is 19.6 Å². The SMILES string of the molecule is O=C(CCC(=O)N1CCC(c2ccccc2)=N1)N1CCC(c2nc3cc(Cl)ccc3s2)CC1. The number of hydrogen-bond acceptors (Lipinski definition) is 5. The van der Waals surface area contributed by atoms with E-state index in [4.69, 9.17) is 16.6 Å². The molecular weight excluding hydrogens is 456 g/mol. The molecule has 0 spiro atoms. The second-order valence-corrected chi connectivity index (χ2v) is 10.00. The molecule has 33 heavy (non-hydrogen) atoms. The van der Waals surface area contributed by atoms with Crippen LogP contribution in [0.25, 0.3) is 10.2 Å². The van der Waals surface area contributed by atoms with Crippen LogP contribution in [-0.4, -0.2) is 52.1 Å². The Balaban J connectivity index is 1.11. The maximum atomic E-state index is 12.7. The predicted molar refractivity (Wildman–Crippen MR) is 132 cm³/mol. The first kappa shape index (κ1) is 22.0. The van der Waals surface area contributed by atoms with Crippen molar-refractivity contribution in [3.05, 3.63) is 64.1 Å². The van der Waals surface area contributed by atoms with E-state index >= 15 is 0 Å². The smallest absolute Gasteiger partial charge is 0.243 e. The number of piperidine rings is 1. The molecule has 2 aliphatic rings. The number of thiazole rings is 1. The van der Waals surface area contributed by atoms with Gasteiger partial charge in [0, 0.05) is 43.3 Å². The molecule has 0 unspecified atom stereocenters. The molecule has 2 amide bonds. The van der Waals surface area contributed by atoms with E-state index in [9.17, 15) is 9.59 Å². The van der Waals surface area contributed by atoms with Gasteiger partial charge in [0.05, 0.1) is 27.5 Å². The summed E-state index contributed by atoms with van der Waals surface area (Å²) >= 11 is 7.80. The Morgan fingerprint density at radius 1 is 1.00 bits per heavy atom. The molecule has 0 radical (unpaired) electrons. The number of nitrogens with zero attached hydrogens (tertiary/aromatic N) is 4. The van der Waals surface area contributed by atoms with Crippen molar-refractivity contribution in [2.45, 2.75) is 38.0 Å². The fourth-order valence-electron chi connectivity index (χ4n) is 4.44. The number of rotatable bonds is 5. The van der Waals surface area contributed by atoms with Gasteiger partial charge in [-0.1, -0.05) is 41.9 Å². The van der Waals surface area contributed by atoms with Gasteiger partial charge in [0.25, 0.3) is 0 Å². The highest BCUT2D eigenvalue weighted by Gasteiger charge is 2.27. The summed E-state index contributed by atoms with van der Waals surface area (Å²) in [6.45, 7) is 1.98. The first-order valence-electron chi connectivity index (χ1n) is 11.3. The molecule has 0 bridgehead atoms. The van der Waals surface area contributed by atoms with E-state index in [1.807, 2.05) is 53.4 Å². The Morgan fingerprint density at radius 3 is 2.55 bits per heavy atom. The maximum Gasteiger partial charge on any atom is 0.243 e. The van der Waals surface area contributed by atoms with Crippen molar-refractivity contribution < 1.29 is 9.59 Å². The van der Waals surface area contributed by atoms with Crippen molar-refractivity contribution in [1.82, 2.24) is 14.9 Å². The fourth-order valence-corrected chi connectivity index (χ4v) is 5.72. The molecule has 1 saturated heterocycles. The van der Waals surface area contributed by atoms with Crippen LogP contribution in [-0.2, 0) is 9.59 Å². The van der Waals surface area contributed by atoms with E-state index in [2.05, 4.69) is 5.10 Å². The number of hydrogen-bond donors (Lipinski definition) is 0. The summed E-state index contributed by atoms with van der Waals surface area (Å²) in [6.07, 6.45) is 2.96. The molecule has 1 fully saturated rings. The van der Waals surface area contributed by atoms with E-state index in [1.54, 1.807) is 11.3 Å². The lowest BCUT2D eigenvalue weighted by Gasteiger charge is -2.31. The third kappa shape index (κ3) is 4.94. The normalized spacial score (nSPS) is 16.9. The number of carbonyl (C=O) groups excluding carboxylic acids is 2. The first-order valence-corrected chi connectivity index (χ1v) is 12.5. The number of amides is 2. The lowest BCUT2D eigenvalue weighted by Crippen LogP contribution is -2.38. The molecule has 5 rings (SSSR count). The minimum Gasteiger partial charge on any atom is -0.343 e.